The fraction of sp³-hybridized carbons (Fsp3) is 0.923. The molecule has 0 unspecified atom stereocenters. The van der Waals surface area contributed by atoms with Gasteiger partial charge in [-0.05, 0) is 26.6 Å². The van der Waals surface area contributed by atoms with E-state index in [2.05, 4.69) is 20.4 Å². The summed E-state index contributed by atoms with van der Waals surface area (Å²) < 4.78 is 5.01. The average Bonchev–Trinajstić information content (AvgIpc) is 2.65. The van der Waals surface area contributed by atoms with E-state index >= 15 is 0 Å². The molecule has 1 aliphatic heterocycles. The van der Waals surface area contributed by atoms with Gasteiger partial charge in [0.05, 0.1) is 13.2 Å². The third kappa shape index (κ3) is 8.15. The van der Waals surface area contributed by atoms with E-state index in [0.717, 1.165) is 52.3 Å². The number of ether oxygens (including phenoxy) is 1. The molecule has 112 valence electrons. The second-order valence-corrected chi connectivity index (χ2v) is 5.03. The summed E-state index contributed by atoms with van der Waals surface area (Å²) in [6.07, 6.45) is 1.12. The third-order valence-corrected chi connectivity index (χ3v) is 3.29. The minimum atomic E-state index is 0.127. The Bertz CT molecular complexity index is 243. The molecule has 0 atom stereocenters. The molecule has 6 nitrogen and oxygen atoms in total. The Morgan fingerprint density at radius 1 is 1.37 bits per heavy atom. The van der Waals surface area contributed by atoms with Crippen LogP contribution in [-0.2, 0) is 9.53 Å². The summed E-state index contributed by atoms with van der Waals surface area (Å²) in [6.45, 7) is 7.70. The zero-order valence-corrected chi connectivity index (χ0v) is 12.3. The van der Waals surface area contributed by atoms with E-state index in [0.29, 0.717) is 13.1 Å². The molecule has 0 aromatic carbocycles. The molecular formula is C13H28N4O2. The molecule has 0 aromatic rings. The SMILES string of the molecule is COCCN(C)CCNC(=O)CN1CCCNCC1. The van der Waals surface area contributed by atoms with Gasteiger partial charge in [0.1, 0.15) is 0 Å². The van der Waals surface area contributed by atoms with Gasteiger partial charge in [-0.3, -0.25) is 9.69 Å². The molecule has 6 heteroatoms. The number of rotatable bonds is 8. The smallest absolute Gasteiger partial charge is 0.234 e. The van der Waals surface area contributed by atoms with E-state index in [-0.39, 0.29) is 5.91 Å². The van der Waals surface area contributed by atoms with Crippen molar-refractivity contribution >= 4 is 5.91 Å². The molecule has 1 heterocycles. The lowest BCUT2D eigenvalue weighted by atomic mass is 10.4. The Morgan fingerprint density at radius 2 is 2.21 bits per heavy atom. The van der Waals surface area contributed by atoms with Gasteiger partial charge in [-0.15, -0.1) is 0 Å². The van der Waals surface area contributed by atoms with Gasteiger partial charge in [-0.25, -0.2) is 0 Å². The van der Waals surface area contributed by atoms with E-state index in [1.54, 1.807) is 7.11 Å². The monoisotopic (exact) mass is 272 g/mol. The first-order chi connectivity index (χ1) is 9.22. The molecule has 0 aromatic heterocycles. The molecule has 0 aliphatic carbocycles. The molecular weight excluding hydrogens is 244 g/mol. The molecule has 0 radical (unpaired) electrons. The molecule has 0 bridgehead atoms. The summed E-state index contributed by atoms with van der Waals surface area (Å²) >= 11 is 0. The van der Waals surface area contributed by atoms with E-state index < -0.39 is 0 Å². The standard InChI is InChI=1S/C13H28N4O2/c1-16(10-11-19-2)8-6-15-13(18)12-17-7-3-4-14-5-9-17/h14H,3-12H2,1-2H3,(H,15,18). The second kappa shape index (κ2) is 10.1. The van der Waals surface area contributed by atoms with Crippen LogP contribution < -0.4 is 10.6 Å². The normalized spacial score (nSPS) is 17.4. The number of likely N-dealkylation sites (N-methyl/N-ethyl adjacent to an activating group) is 1. The van der Waals surface area contributed by atoms with E-state index in [9.17, 15) is 4.79 Å². The molecule has 1 saturated heterocycles. The molecule has 1 fully saturated rings. The van der Waals surface area contributed by atoms with E-state index in [1.807, 2.05) is 7.05 Å². The van der Waals surface area contributed by atoms with Gasteiger partial charge in [0.25, 0.3) is 0 Å². The average molecular weight is 272 g/mol. The van der Waals surface area contributed by atoms with Crippen molar-refractivity contribution in [2.45, 2.75) is 6.42 Å². The summed E-state index contributed by atoms with van der Waals surface area (Å²) in [6, 6.07) is 0. The Morgan fingerprint density at radius 3 is 3.00 bits per heavy atom. The van der Waals surface area contributed by atoms with Crippen LogP contribution in [0, 0.1) is 0 Å². The number of carbonyl (C=O) groups is 1. The summed E-state index contributed by atoms with van der Waals surface area (Å²) in [5.74, 6) is 0.127. The molecule has 1 aliphatic rings. The predicted molar refractivity (Wildman–Crippen MR) is 76.3 cm³/mol. The highest BCUT2D eigenvalue weighted by atomic mass is 16.5. The van der Waals surface area contributed by atoms with Gasteiger partial charge in [-0.2, -0.15) is 0 Å². The quantitative estimate of drug-likeness (QED) is 0.592. The van der Waals surface area contributed by atoms with Crippen LogP contribution in [0.2, 0.25) is 0 Å². The van der Waals surface area contributed by atoms with Crippen molar-refractivity contribution in [3.05, 3.63) is 0 Å². The number of carbonyl (C=O) groups excluding carboxylic acids is 1. The van der Waals surface area contributed by atoms with Crippen molar-refractivity contribution in [3.8, 4) is 0 Å². The fourth-order valence-corrected chi connectivity index (χ4v) is 2.06. The molecule has 1 amide bonds. The Labute approximate surface area is 116 Å². The van der Waals surface area contributed by atoms with Crippen molar-refractivity contribution in [2.75, 3.05) is 73.1 Å². The predicted octanol–water partition coefficient (Wildman–Crippen LogP) is -1.02. The van der Waals surface area contributed by atoms with Gasteiger partial charge in [0.15, 0.2) is 0 Å². The third-order valence-electron chi connectivity index (χ3n) is 3.29. The molecule has 2 N–H and O–H groups in total. The van der Waals surface area contributed by atoms with Gasteiger partial charge >= 0.3 is 0 Å². The van der Waals surface area contributed by atoms with E-state index in [1.165, 1.54) is 0 Å². The maximum absolute atomic E-state index is 11.8. The van der Waals surface area contributed by atoms with Crippen LogP contribution in [0.5, 0.6) is 0 Å². The van der Waals surface area contributed by atoms with Crippen LogP contribution in [0.25, 0.3) is 0 Å². The molecule has 0 spiro atoms. The lowest BCUT2D eigenvalue weighted by Gasteiger charge is -2.20. The summed E-state index contributed by atoms with van der Waals surface area (Å²) in [5.41, 5.74) is 0. The fourth-order valence-electron chi connectivity index (χ4n) is 2.06. The van der Waals surface area contributed by atoms with Crippen molar-refractivity contribution in [2.24, 2.45) is 0 Å². The van der Waals surface area contributed by atoms with Crippen molar-refractivity contribution < 1.29 is 9.53 Å². The Balaban J connectivity index is 2.06. The maximum Gasteiger partial charge on any atom is 0.234 e. The molecule has 1 rings (SSSR count). The van der Waals surface area contributed by atoms with Crippen LogP contribution in [-0.4, -0.2) is 88.8 Å². The number of hydrogen-bond acceptors (Lipinski definition) is 5. The highest BCUT2D eigenvalue weighted by Gasteiger charge is 2.12. The number of nitrogens with zero attached hydrogens (tertiary/aromatic N) is 2. The number of methoxy groups -OCH3 is 1. The highest BCUT2D eigenvalue weighted by Crippen LogP contribution is 1.94. The lowest BCUT2D eigenvalue weighted by Crippen LogP contribution is -2.41. The van der Waals surface area contributed by atoms with Crippen molar-refractivity contribution in [3.63, 3.8) is 0 Å². The Hall–Kier alpha value is -0.690. The topological polar surface area (TPSA) is 56.8 Å². The maximum atomic E-state index is 11.8. The minimum absolute atomic E-state index is 0.127. The second-order valence-electron chi connectivity index (χ2n) is 5.03. The number of amides is 1. The van der Waals surface area contributed by atoms with E-state index in [4.69, 9.17) is 4.74 Å². The number of hydrogen-bond donors (Lipinski definition) is 2. The van der Waals surface area contributed by atoms with Crippen LogP contribution in [0.4, 0.5) is 0 Å². The van der Waals surface area contributed by atoms with Gasteiger partial charge in [0, 0.05) is 39.8 Å². The van der Waals surface area contributed by atoms with Crippen LogP contribution in [0.1, 0.15) is 6.42 Å². The Kier molecular flexibility index (Phi) is 8.73. The first-order valence-electron chi connectivity index (χ1n) is 7.09. The first kappa shape index (κ1) is 16.4. The summed E-state index contributed by atoms with van der Waals surface area (Å²) in [7, 11) is 3.73. The molecule has 0 saturated carbocycles. The first-order valence-corrected chi connectivity index (χ1v) is 7.09. The lowest BCUT2D eigenvalue weighted by molar-refractivity contribution is -0.122. The summed E-state index contributed by atoms with van der Waals surface area (Å²) in [4.78, 5) is 16.2. The van der Waals surface area contributed by atoms with Gasteiger partial charge < -0.3 is 20.3 Å². The van der Waals surface area contributed by atoms with Crippen molar-refractivity contribution in [1.82, 2.24) is 20.4 Å². The van der Waals surface area contributed by atoms with Crippen LogP contribution >= 0.6 is 0 Å². The van der Waals surface area contributed by atoms with Crippen molar-refractivity contribution in [1.29, 1.82) is 0 Å². The van der Waals surface area contributed by atoms with Crippen LogP contribution in [0.3, 0.4) is 0 Å². The van der Waals surface area contributed by atoms with Gasteiger partial charge in [0.2, 0.25) is 5.91 Å². The molecule has 19 heavy (non-hydrogen) atoms. The summed E-state index contributed by atoms with van der Waals surface area (Å²) in [5, 5.41) is 6.31. The minimum Gasteiger partial charge on any atom is -0.383 e. The van der Waals surface area contributed by atoms with Crippen LogP contribution in [0.15, 0.2) is 0 Å². The zero-order valence-electron chi connectivity index (χ0n) is 12.3. The highest BCUT2D eigenvalue weighted by molar-refractivity contribution is 5.77. The zero-order chi connectivity index (χ0) is 13.9. The van der Waals surface area contributed by atoms with Gasteiger partial charge in [-0.1, -0.05) is 0 Å². The number of nitrogens with one attached hydrogen (secondary N) is 2. The largest absolute Gasteiger partial charge is 0.383 e.